The molecule has 1 aliphatic rings. The highest BCUT2D eigenvalue weighted by Crippen LogP contribution is 2.17. The van der Waals surface area contributed by atoms with Gasteiger partial charge in [0.15, 0.2) is 0 Å². The molecular formula is C14H21N3O2. The fourth-order valence-electron chi connectivity index (χ4n) is 2.47. The summed E-state index contributed by atoms with van der Waals surface area (Å²) in [6.45, 7) is 4.28. The predicted molar refractivity (Wildman–Crippen MR) is 74.9 cm³/mol. The minimum absolute atomic E-state index is 0.0815. The van der Waals surface area contributed by atoms with Crippen LogP contribution >= 0.6 is 0 Å². The second kappa shape index (κ2) is 5.59. The fourth-order valence-corrected chi connectivity index (χ4v) is 2.47. The summed E-state index contributed by atoms with van der Waals surface area (Å²) in [4.78, 5) is 16.1. The number of β-amino-alcohol motifs (C(OH)–C–C–N with tert-alkyl or cyclic N) is 1. The third kappa shape index (κ3) is 2.88. The van der Waals surface area contributed by atoms with E-state index in [2.05, 4.69) is 11.8 Å². The van der Waals surface area contributed by atoms with Crippen molar-refractivity contribution in [3.63, 3.8) is 0 Å². The molecule has 104 valence electrons. The highest BCUT2D eigenvalue weighted by Gasteiger charge is 2.35. The topological polar surface area (TPSA) is 69.8 Å². The second-order valence-corrected chi connectivity index (χ2v) is 5.02. The summed E-state index contributed by atoms with van der Waals surface area (Å²) in [5.74, 6) is -0.0815. The van der Waals surface area contributed by atoms with Crippen LogP contribution in [0, 0.1) is 0 Å². The quantitative estimate of drug-likeness (QED) is 0.775. The average molecular weight is 263 g/mol. The van der Waals surface area contributed by atoms with Crippen molar-refractivity contribution in [3.05, 3.63) is 29.8 Å². The number of nitrogen functional groups attached to an aromatic ring is 1. The number of nitrogens with two attached hydrogens (primary N) is 1. The molecule has 1 fully saturated rings. The maximum atomic E-state index is 12.3. The Morgan fingerprint density at radius 1 is 1.42 bits per heavy atom. The minimum Gasteiger partial charge on any atom is -0.399 e. The third-order valence-corrected chi connectivity index (χ3v) is 3.76. The zero-order valence-electron chi connectivity index (χ0n) is 11.4. The molecule has 0 aromatic heterocycles. The monoisotopic (exact) mass is 263 g/mol. The first kappa shape index (κ1) is 13.8. The number of carbonyl (C=O) groups excluding carboxylic acids is 1. The lowest BCUT2D eigenvalue weighted by atomic mass is 10.1. The number of carbonyl (C=O) groups is 1. The molecule has 0 bridgehead atoms. The molecule has 0 aliphatic carbocycles. The lowest BCUT2D eigenvalue weighted by Gasteiger charge is -2.26. The van der Waals surface area contributed by atoms with Crippen LogP contribution in [-0.4, -0.2) is 59.6 Å². The molecule has 1 heterocycles. The van der Waals surface area contributed by atoms with Gasteiger partial charge in [0.1, 0.15) is 0 Å². The smallest absolute Gasteiger partial charge is 0.253 e. The molecular weight excluding hydrogens is 242 g/mol. The SMILES string of the molecule is CCN1CC(O)C(N(C)C(=O)c2ccc(N)cc2)C1. The summed E-state index contributed by atoms with van der Waals surface area (Å²) in [5.41, 5.74) is 6.84. The van der Waals surface area contributed by atoms with Crippen molar-refractivity contribution in [2.24, 2.45) is 0 Å². The summed E-state index contributed by atoms with van der Waals surface area (Å²) in [5, 5.41) is 10.0. The number of hydrogen-bond donors (Lipinski definition) is 2. The molecule has 5 nitrogen and oxygen atoms in total. The average Bonchev–Trinajstić information content (AvgIpc) is 2.79. The number of benzene rings is 1. The van der Waals surface area contributed by atoms with E-state index in [9.17, 15) is 9.90 Å². The van der Waals surface area contributed by atoms with Crippen LogP contribution < -0.4 is 5.73 Å². The molecule has 0 spiro atoms. The molecule has 2 atom stereocenters. The molecule has 0 radical (unpaired) electrons. The van der Waals surface area contributed by atoms with Crippen LogP contribution in [0.4, 0.5) is 5.69 Å². The number of aliphatic hydroxyl groups excluding tert-OH is 1. The molecule has 2 unspecified atom stereocenters. The van der Waals surface area contributed by atoms with Gasteiger partial charge in [-0.05, 0) is 30.8 Å². The number of rotatable bonds is 3. The Bertz CT molecular complexity index is 447. The van der Waals surface area contributed by atoms with E-state index >= 15 is 0 Å². The lowest BCUT2D eigenvalue weighted by molar-refractivity contribution is 0.0581. The standard InChI is InChI=1S/C14H21N3O2/c1-3-17-8-12(13(18)9-17)16(2)14(19)10-4-6-11(15)7-5-10/h4-7,12-13,18H,3,8-9,15H2,1-2H3. The highest BCUT2D eigenvalue weighted by molar-refractivity contribution is 5.94. The predicted octanol–water partition coefficient (Wildman–Crippen LogP) is 0.406. The van der Waals surface area contributed by atoms with Gasteiger partial charge in [-0.2, -0.15) is 0 Å². The van der Waals surface area contributed by atoms with Gasteiger partial charge in [0.25, 0.3) is 5.91 Å². The van der Waals surface area contributed by atoms with E-state index < -0.39 is 6.10 Å². The molecule has 19 heavy (non-hydrogen) atoms. The van der Waals surface area contributed by atoms with Crippen molar-refractivity contribution >= 4 is 11.6 Å². The Hall–Kier alpha value is -1.59. The van der Waals surface area contributed by atoms with Gasteiger partial charge in [-0.1, -0.05) is 6.92 Å². The number of likely N-dealkylation sites (tertiary alicyclic amines) is 1. The second-order valence-electron chi connectivity index (χ2n) is 5.02. The van der Waals surface area contributed by atoms with E-state index in [1.807, 2.05) is 0 Å². The summed E-state index contributed by atoms with van der Waals surface area (Å²) >= 11 is 0. The van der Waals surface area contributed by atoms with Gasteiger partial charge in [-0.25, -0.2) is 0 Å². The van der Waals surface area contributed by atoms with Crippen molar-refractivity contribution in [1.29, 1.82) is 0 Å². The van der Waals surface area contributed by atoms with Crippen molar-refractivity contribution < 1.29 is 9.90 Å². The first-order valence-electron chi connectivity index (χ1n) is 6.56. The van der Waals surface area contributed by atoms with Crippen LogP contribution in [0.2, 0.25) is 0 Å². The van der Waals surface area contributed by atoms with Gasteiger partial charge in [-0.15, -0.1) is 0 Å². The van der Waals surface area contributed by atoms with Crippen LogP contribution in [0.1, 0.15) is 17.3 Å². The Morgan fingerprint density at radius 3 is 2.58 bits per heavy atom. The molecule has 1 aromatic rings. The maximum Gasteiger partial charge on any atom is 0.253 e. The number of anilines is 1. The van der Waals surface area contributed by atoms with Gasteiger partial charge in [0.2, 0.25) is 0 Å². The van der Waals surface area contributed by atoms with Crippen LogP contribution in [0.5, 0.6) is 0 Å². The van der Waals surface area contributed by atoms with E-state index in [1.54, 1.807) is 36.2 Å². The van der Waals surface area contributed by atoms with Gasteiger partial charge < -0.3 is 15.7 Å². The summed E-state index contributed by atoms with van der Waals surface area (Å²) in [6.07, 6.45) is -0.484. The molecule has 1 amide bonds. The Labute approximate surface area is 113 Å². The number of amides is 1. The highest BCUT2D eigenvalue weighted by atomic mass is 16.3. The van der Waals surface area contributed by atoms with Gasteiger partial charge in [0, 0.05) is 31.4 Å². The van der Waals surface area contributed by atoms with E-state index in [4.69, 9.17) is 5.73 Å². The molecule has 1 aliphatic heterocycles. The van der Waals surface area contributed by atoms with Gasteiger partial charge in [0.05, 0.1) is 12.1 Å². The lowest BCUT2D eigenvalue weighted by Crippen LogP contribution is -2.44. The number of hydrogen-bond acceptors (Lipinski definition) is 4. The van der Waals surface area contributed by atoms with Crippen molar-refractivity contribution in [2.75, 3.05) is 32.4 Å². The summed E-state index contributed by atoms with van der Waals surface area (Å²) in [6, 6.07) is 6.71. The molecule has 1 saturated heterocycles. The van der Waals surface area contributed by atoms with Gasteiger partial charge >= 0.3 is 0 Å². The Balaban J connectivity index is 2.09. The van der Waals surface area contributed by atoms with E-state index in [0.717, 1.165) is 13.1 Å². The van der Waals surface area contributed by atoms with Crippen molar-refractivity contribution in [1.82, 2.24) is 9.80 Å². The van der Waals surface area contributed by atoms with Crippen LogP contribution in [0.15, 0.2) is 24.3 Å². The summed E-state index contributed by atoms with van der Waals surface area (Å²) in [7, 11) is 1.74. The number of nitrogens with zero attached hydrogens (tertiary/aromatic N) is 2. The van der Waals surface area contributed by atoms with Gasteiger partial charge in [-0.3, -0.25) is 9.69 Å². The zero-order chi connectivity index (χ0) is 14.0. The first-order valence-corrected chi connectivity index (χ1v) is 6.56. The normalized spacial score (nSPS) is 23.5. The molecule has 1 aromatic carbocycles. The minimum atomic E-state index is -0.484. The Kier molecular flexibility index (Phi) is 4.07. The van der Waals surface area contributed by atoms with E-state index in [1.165, 1.54) is 0 Å². The van der Waals surface area contributed by atoms with E-state index in [-0.39, 0.29) is 11.9 Å². The van der Waals surface area contributed by atoms with E-state index in [0.29, 0.717) is 17.8 Å². The van der Waals surface area contributed by atoms with Crippen LogP contribution in [0.3, 0.4) is 0 Å². The first-order chi connectivity index (χ1) is 9.02. The largest absolute Gasteiger partial charge is 0.399 e. The number of aliphatic hydroxyl groups is 1. The molecule has 5 heteroatoms. The van der Waals surface area contributed by atoms with Crippen molar-refractivity contribution in [3.8, 4) is 0 Å². The molecule has 2 rings (SSSR count). The Morgan fingerprint density at radius 2 is 2.05 bits per heavy atom. The maximum absolute atomic E-state index is 12.3. The fraction of sp³-hybridized carbons (Fsp3) is 0.500. The molecule has 3 N–H and O–H groups in total. The summed E-state index contributed by atoms with van der Waals surface area (Å²) < 4.78 is 0. The van der Waals surface area contributed by atoms with Crippen LogP contribution in [-0.2, 0) is 0 Å². The van der Waals surface area contributed by atoms with Crippen LogP contribution in [0.25, 0.3) is 0 Å². The van der Waals surface area contributed by atoms with Crippen molar-refractivity contribution in [2.45, 2.75) is 19.1 Å². The third-order valence-electron chi connectivity index (χ3n) is 3.76. The molecule has 0 saturated carbocycles. The zero-order valence-corrected chi connectivity index (χ0v) is 11.4. The number of likely N-dealkylation sites (N-methyl/N-ethyl adjacent to an activating group) is 2.